The largest absolute Gasteiger partial charge is 0.478 e. The topological polar surface area (TPSA) is 63.6 Å². The molecule has 1 rings (SSSR count). The fourth-order valence-electron chi connectivity index (χ4n) is 1.69. The van der Waals surface area contributed by atoms with Gasteiger partial charge in [-0.2, -0.15) is 0 Å². The molecule has 1 N–H and O–H groups in total. The van der Waals surface area contributed by atoms with Crippen molar-refractivity contribution in [2.24, 2.45) is 0 Å². The van der Waals surface area contributed by atoms with Crippen LogP contribution >= 0.6 is 0 Å². The zero-order chi connectivity index (χ0) is 13.8. The Balaban J connectivity index is 2.53. The van der Waals surface area contributed by atoms with E-state index in [1.165, 1.54) is 13.0 Å². The number of carboxylic acid groups (broad SMARTS) is 1. The van der Waals surface area contributed by atoms with Crippen molar-refractivity contribution in [1.82, 2.24) is 0 Å². The fraction of sp³-hybridized carbons (Fsp3) is 0.571. The van der Waals surface area contributed by atoms with E-state index in [4.69, 9.17) is 9.84 Å². The van der Waals surface area contributed by atoms with Crippen LogP contribution in [0.15, 0.2) is 23.8 Å². The molecule has 0 atom stereocenters. The molecule has 0 spiro atoms. The van der Waals surface area contributed by atoms with Crippen LogP contribution < -0.4 is 0 Å². The average molecular weight is 252 g/mol. The van der Waals surface area contributed by atoms with Crippen LogP contribution in [0, 0.1) is 0 Å². The summed E-state index contributed by atoms with van der Waals surface area (Å²) in [4.78, 5) is 22.4. The average Bonchev–Trinajstić information content (AvgIpc) is 3.06. The van der Waals surface area contributed by atoms with Gasteiger partial charge in [0.15, 0.2) is 0 Å². The zero-order valence-corrected chi connectivity index (χ0v) is 11.0. The number of carbonyl (C=O) groups excluding carboxylic acids is 1. The molecule has 0 saturated heterocycles. The van der Waals surface area contributed by atoms with Crippen molar-refractivity contribution < 1.29 is 19.4 Å². The van der Waals surface area contributed by atoms with Crippen molar-refractivity contribution >= 4 is 11.9 Å². The Bertz CT molecular complexity index is 389. The minimum atomic E-state index is -1.06. The molecule has 0 aromatic heterocycles. The van der Waals surface area contributed by atoms with E-state index >= 15 is 0 Å². The van der Waals surface area contributed by atoms with Crippen LogP contribution in [0.1, 0.15) is 46.0 Å². The highest BCUT2D eigenvalue weighted by atomic mass is 16.6. The first-order valence-corrected chi connectivity index (χ1v) is 6.24. The molecular formula is C14H20O4. The lowest BCUT2D eigenvalue weighted by atomic mass is 10.1. The van der Waals surface area contributed by atoms with E-state index in [9.17, 15) is 9.59 Å². The molecule has 100 valence electrons. The van der Waals surface area contributed by atoms with Gasteiger partial charge in [-0.15, -0.1) is 0 Å². The molecule has 0 radical (unpaired) electrons. The first kappa shape index (κ1) is 14.5. The van der Waals surface area contributed by atoms with Gasteiger partial charge in [0.25, 0.3) is 0 Å². The quantitative estimate of drug-likeness (QED) is 0.430. The van der Waals surface area contributed by atoms with E-state index < -0.39 is 11.9 Å². The second-order valence-corrected chi connectivity index (χ2v) is 4.83. The number of ether oxygens (including phenoxy) is 1. The zero-order valence-electron chi connectivity index (χ0n) is 11.0. The van der Waals surface area contributed by atoms with Gasteiger partial charge >= 0.3 is 11.9 Å². The van der Waals surface area contributed by atoms with Gasteiger partial charge in [-0.05, 0) is 38.7 Å². The Morgan fingerprint density at radius 3 is 2.50 bits per heavy atom. The molecule has 4 nitrogen and oxygen atoms in total. The van der Waals surface area contributed by atoms with E-state index in [1.54, 1.807) is 0 Å². The molecule has 1 saturated carbocycles. The molecule has 0 aliphatic heterocycles. The minimum Gasteiger partial charge on any atom is -0.478 e. The summed E-state index contributed by atoms with van der Waals surface area (Å²) in [6.07, 6.45) is 6.02. The third-order valence-electron chi connectivity index (χ3n) is 3.09. The van der Waals surface area contributed by atoms with E-state index in [-0.39, 0.29) is 16.7 Å². The lowest BCUT2D eigenvalue weighted by molar-refractivity contribution is -0.146. The predicted molar refractivity (Wildman–Crippen MR) is 68.1 cm³/mol. The SMILES string of the molecule is C=C(C=C(C)C(=O)O)C(=O)OC1(CCCC)CC1. The van der Waals surface area contributed by atoms with Gasteiger partial charge in [0.05, 0.1) is 5.57 Å². The number of carbonyl (C=O) groups is 2. The number of unbranched alkanes of at least 4 members (excludes halogenated alkanes) is 1. The highest BCUT2D eigenvalue weighted by molar-refractivity contribution is 5.95. The van der Waals surface area contributed by atoms with Crippen molar-refractivity contribution in [3.05, 3.63) is 23.8 Å². The summed E-state index contributed by atoms with van der Waals surface area (Å²) in [5.41, 5.74) is -0.130. The van der Waals surface area contributed by atoms with Crippen LogP contribution in [-0.2, 0) is 14.3 Å². The molecule has 1 aliphatic rings. The Morgan fingerprint density at radius 1 is 1.44 bits per heavy atom. The van der Waals surface area contributed by atoms with E-state index in [1.807, 2.05) is 0 Å². The third-order valence-corrected chi connectivity index (χ3v) is 3.09. The van der Waals surface area contributed by atoms with Crippen molar-refractivity contribution in [2.75, 3.05) is 0 Å². The molecule has 0 bridgehead atoms. The monoisotopic (exact) mass is 252 g/mol. The maximum atomic E-state index is 11.8. The number of rotatable bonds is 7. The molecule has 0 amide bonds. The van der Waals surface area contributed by atoms with E-state index in [2.05, 4.69) is 13.5 Å². The Hall–Kier alpha value is -1.58. The van der Waals surface area contributed by atoms with Crippen molar-refractivity contribution in [3.8, 4) is 0 Å². The molecule has 0 heterocycles. The lowest BCUT2D eigenvalue weighted by Gasteiger charge is -2.16. The van der Waals surface area contributed by atoms with Crippen LogP contribution in [0.2, 0.25) is 0 Å². The van der Waals surface area contributed by atoms with Crippen LogP contribution in [-0.4, -0.2) is 22.6 Å². The van der Waals surface area contributed by atoms with Crippen LogP contribution in [0.3, 0.4) is 0 Å². The van der Waals surface area contributed by atoms with Gasteiger partial charge in [-0.1, -0.05) is 19.9 Å². The minimum absolute atomic E-state index is 0.0790. The van der Waals surface area contributed by atoms with Crippen LogP contribution in [0.25, 0.3) is 0 Å². The summed E-state index contributed by atoms with van der Waals surface area (Å²) in [6, 6.07) is 0. The highest BCUT2D eigenvalue weighted by Crippen LogP contribution is 2.44. The smallest absolute Gasteiger partial charge is 0.338 e. The normalized spacial score (nSPS) is 17.1. The number of hydrogen-bond donors (Lipinski definition) is 1. The van der Waals surface area contributed by atoms with Gasteiger partial charge in [-0.25, -0.2) is 9.59 Å². The Kier molecular flexibility index (Phi) is 4.70. The standard InChI is InChI=1S/C14H20O4/c1-4-5-6-14(7-8-14)18-13(17)11(3)9-10(2)12(15)16/h9H,3-8H2,1-2H3,(H,15,16). The summed E-state index contributed by atoms with van der Waals surface area (Å²) in [7, 11) is 0. The van der Waals surface area contributed by atoms with Gasteiger partial charge in [0.2, 0.25) is 0 Å². The lowest BCUT2D eigenvalue weighted by Crippen LogP contribution is -2.20. The third kappa shape index (κ3) is 4.02. The summed E-state index contributed by atoms with van der Waals surface area (Å²) >= 11 is 0. The molecule has 1 fully saturated rings. The molecule has 1 aliphatic carbocycles. The maximum Gasteiger partial charge on any atom is 0.338 e. The second-order valence-electron chi connectivity index (χ2n) is 4.83. The molecule has 4 heteroatoms. The van der Waals surface area contributed by atoms with Crippen molar-refractivity contribution in [3.63, 3.8) is 0 Å². The fourth-order valence-corrected chi connectivity index (χ4v) is 1.69. The van der Waals surface area contributed by atoms with Gasteiger partial charge in [0.1, 0.15) is 5.60 Å². The summed E-state index contributed by atoms with van der Waals surface area (Å²) in [6.45, 7) is 7.07. The molecule has 0 aromatic carbocycles. The number of hydrogen-bond acceptors (Lipinski definition) is 3. The predicted octanol–water partition coefficient (Wildman–Crippen LogP) is 2.84. The van der Waals surface area contributed by atoms with Gasteiger partial charge in [0, 0.05) is 5.57 Å². The van der Waals surface area contributed by atoms with Gasteiger partial charge < -0.3 is 9.84 Å². The van der Waals surface area contributed by atoms with E-state index in [0.29, 0.717) is 0 Å². The number of carboxylic acids is 1. The number of esters is 1. The summed E-state index contributed by atoms with van der Waals surface area (Å²) < 4.78 is 5.42. The van der Waals surface area contributed by atoms with Crippen molar-refractivity contribution in [1.29, 1.82) is 0 Å². The van der Waals surface area contributed by atoms with Gasteiger partial charge in [-0.3, -0.25) is 0 Å². The molecule has 0 aromatic rings. The Morgan fingerprint density at radius 2 is 2.06 bits per heavy atom. The number of aliphatic carboxylic acids is 1. The molecular weight excluding hydrogens is 232 g/mol. The maximum absolute atomic E-state index is 11.8. The highest BCUT2D eigenvalue weighted by Gasteiger charge is 2.46. The molecule has 0 unspecified atom stereocenters. The van der Waals surface area contributed by atoms with E-state index in [0.717, 1.165) is 32.1 Å². The summed E-state index contributed by atoms with van der Waals surface area (Å²) in [5.74, 6) is -1.57. The first-order valence-electron chi connectivity index (χ1n) is 6.24. The second kappa shape index (κ2) is 5.85. The molecule has 18 heavy (non-hydrogen) atoms. The van der Waals surface area contributed by atoms with Crippen LogP contribution in [0.5, 0.6) is 0 Å². The summed E-state index contributed by atoms with van der Waals surface area (Å²) in [5, 5.41) is 8.71. The van der Waals surface area contributed by atoms with Crippen LogP contribution in [0.4, 0.5) is 0 Å². The Labute approximate surface area is 107 Å². The first-order chi connectivity index (χ1) is 8.40. The van der Waals surface area contributed by atoms with Crippen molar-refractivity contribution in [2.45, 2.75) is 51.6 Å².